The van der Waals surface area contributed by atoms with Crippen molar-refractivity contribution in [2.45, 2.75) is 18.3 Å². The van der Waals surface area contributed by atoms with Gasteiger partial charge >= 0.3 is 5.97 Å². The predicted molar refractivity (Wildman–Crippen MR) is 50.0 cm³/mol. The SMILES string of the molecule is CC1SCC(C(=O)O)N1S(C)(=O)=O. The third kappa shape index (κ3) is 2.15. The van der Waals surface area contributed by atoms with Crippen molar-refractivity contribution in [1.82, 2.24) is 4.31 Å². The Hall–Kier alpha value is -0.270. The van der Waals surface area contributed by atoms with Gasteiger partial charge in [0, 0.05) is 5.75 Å². The molecule has 0 aromatic rings. The molecule has 1 aliphatic rings. The van der Waals surface area contributed by atoms with E-state index in [1.54, 1.807) is 6.92 Å². The highest BCUT2D eigenvalue weighted by atomic mass is 32.2. The molecule has 0 aromatic carbocycles. The van der Waals surface area contributed by atoms with Gasteiger partial charge in [-0.25, -0.2) is 8.42 Å². The minimum atomic E-state index is -3.41. The third-order valence-corrected chi connectivity index (χ3v) is 4.52. The van der Waals surface area contributed by atoms with Crippen LogP contribution in [0.3, 0.4) is 0 Å². The zero-order valence-corrected chi connectivity index (χ0v) is 8.93. The first kappa shape index (κ1) is 10.8. The average Bonchev–Trinajstić information content (AvgIpc) is 2.28. The first-order valence-electron chi connectivity index (χ1n) is 3.67. The van der Waals surface area contributed by atoms with E-state index in [1.807, 2.05) is 0 Å². The molecule has 1 saturated heterocycles. The summed E-state index contributed by atoms with van der Waals surface area (Å²) in [6.45, 7) is 1.69. The van der Waals surface area contributed by atoms with E-state index in [1.165, 1.54) is 11.8 Å². The molecule has 13 heavy (non-hydrogen) atoms. The first-order chi connectivity index (χ1) is 5.84. The van der Waals surface area contributed by atoms with Gasteiger partial charge in [-0.3, -0.25) is 4.79 Å². The summed E-state index contributed by atoms with van der Waals surface area (Å²) in [5, 5.41) is 8.46. The summed E-state index contributed by atoms with van der Waals surface area (Å²) < 4.78 is 23.5. The number of rotatable bonds is 2. The smallest absolute Gasteiger partial charge is 0.322 e. The maximum atomic E-state index is 11.2. The Morgan fingerprint density at radius 1 is 1.62 bits per heavy atom. The Labute approximate surface area is 81.2 Å². The van der Waals surface area contributed by atoms with Gasteiger partial charge in [-0.15, -0.1) is 11.8 Å². The number of carboxylic acids is 1. The molecular formula is C6H11NO4S2. The van der Waals surface area contributed by atoms with E-state index in [2.05, 4.69) is 0 Å². The van der Waals surface area contributed by atoms with E-state index in [0.717, 1.165) is 10.6 Å². The number of carboxylic acid groups (broad SMARTS) is 1. The van der Waals surface area contributed by atoms with Gasteiger partial charge in [0.1, 0.15) is 6.04 Å². The molecule has 1 N–H and O–H groups in total. The Morgan fingerprint density at radius 3 is 2.46 bits per heavy atom. The second-order valence-electron chi connectivity index (χ2n) is 2.88. The first-order valence-corrected chi connectivity index (χ1v) is 6.56. The van der Waals surface area contributed by atoms with Gasteiger partial charge in [0.25, 0.3) is 0 Å². The highest BCUT2D eigenvalue weighted by molar-refractivity contribution is 8.01. The van der Waals surface area contributed by atoms with Crippen molar-refractivity contribution in [3.63, 3.8) is 0 Å². The average molecular weight is 225 g/mol. The lowest BCUT2D eigenvalue weighted by molar-refractivity contribution is -0.140. The molecule has 0 radical (unpaired) electrons. The number of hydrogen-bond donors (Lipinski definition) is 1. The van der Waals surface area contributed by atoms with Crippen molar-refractivity contribution >= 4 is 27.8 Å². The Bertz CT molecular complexity index is 313. The lowest BCUT2D eigenvalue weighted by atomic mass is 10.3. The molecule has 2 atom stereocenters. The van der Waals surface area contributed by atoms with Crippen LogP contribution in [0.4, 0.5) is 0 Å². The summed E-state index contributed by atoms with van der Waals surface area (Å²) in [5.41, 5.74) is 0. The Balaban J connectivity index is 2.97. The van der Waals surface area contributed by atoms with E-state index in [9.17, 15) is 13.2 Å². The molecule has 0 saturated carbocycles. The topological polar surface area (TPSA) is 74.7 Å². The van der Waals surface area contributed by atoms with E-state index < -0.39 is 22.0 Å². The van der Waals surface area contributed by atoms with Crippen molar-refractivity contribution in [3.8, 4) is 0 Å². The van der Waals surface area contributed by atoms with Gasteiger partial charge in [0.05, 0.1) is 11.6 Å². The minimum Gasteiger partial charge on any atom is -0.480 e. The van der Waals surface area contributed by atoms with Crippen LogP contribution >= 0.6 is 11.8 Å². The van der Waals surface area contributed by atoms with E-state index in [4.69, 9.17) is 5.11 Å². The molecule has 1 fully saturated rings. The molecule has 0 spiro atoms. The molecule has 76 valence electrons. The van der Waals surface area contributed by atoms with Gasteiger partial charge in [-0.2, -0.15) is 4.31 Å². The summed E-state index contributed by atoms with van der Waals surface area (Å²) >= 11 is 1.33. The standard InChI is InChI=1S/C6H11NO4S2/c1-4-7(13(2,10)11)5(3-12-4)6(8)9/h4-5H,3H2,1-2H3,(H,8,9). The second-order valence-corrected chi connectivity index (χ2v) is 6.12. The number of sulfonamides is 1. The maximum Gasteiger partial charge on any atom is 0.322 e. The van der Waals surface area contributed by atoms with Gasteiger partial charge in [0.2, 0.25) is 10.0 Å². The molecular weight excluding hydrogens is 214 g/mol. The maximum absolute atomic E-state index is 11.2. The second kappa shape index (κ2) is 3.47. The summed E-state index contributed by atoms with van der Waals surface area (Å²) in [4.78, 5) is 10.7. The summed E-state index contributed by atoms with van der Waals surface area (Å²) in [5.74, 6) is -0.758. The van der Waals surface area contributed by atoms with Crippen molar-refractivity contribution in [3.05, 3.63) is 0 Å². The molecule has 2 unspecified atom stereocenters. The monoisotopic (exact) mass is 225 g/mol. The number of carbonyl (C=O) groups is 1. The fourth-order valence-corrected chi connectivity index (χ4v) is 4.28. The van der Waals surface area contributed by atoms with Gasteiger partial charge in [0.15, 0.2) is 0 Å². The number of hydrogen-bond acceptors (Lipinski definition) is 4. The Kier molecular flexibility index (Phi) is 2.88. The van der Waals surface area contributed by atoms with Crippen LogP contribution in [-0.4, -0.2) is 47.2 Å². The van der Waals surface area contributed by atoms with E-state index >= 15 is 0 Å². The van der Waals surface area contributed by atoms with E-state index in [-0.39, 0.29) is 5.37 Å². The fourth-order valence-electron chi connectivity index (χ4n) is 1.31. The Morgan fingerprint density at radius 2 is 2.15 bits per heavy atom. The largest absolute Gasteiger partial charge is 0.480 e. The highest BCUT2D eigenvalue weighted by Gasteiger charge is 2.41. The van der Waals surface area contributed by atoms with Crippen LogP contribution in [0.25, 0.3) is 0 Å². The molecule has 0 amide bonds. The zero-order chi connectivity index (χ0) is 10.2. The van der Waals surface area contributed by atoms with Gasteiger partial charge < -0.3 is 5.11 Å². The minimum absolute atomic E-state index is 0.281. The quantitative estimate of drug-likeness (QED) is 0.704. The van der Waals surface area contributed by atoms with Crippen LogP contribution in [0.15, 0.2) is 0 Å². The van der Waals surface area contributed by atoms with Gasteiger partial charge in [-0.05, 0) is 6.92 Å². The summed E-state index contributed by atoms with van der Waals surface area (Å²) in [6, 6.07) is -0.907. The van der Waals surface area contributed by atoms with Crippen LogP contribution in [0.1, 0.15) is 6.92 Å². The van der Waals surface area contributed by atoms with Crippen molar-refractivity contribution in [2.75, 3.05) is 12.0 Å². The normalized spacial score (nSPS) is 30.6. The summed E-state index contributed by atoms with van der Waals surface area (Å²) in [6.07, 6.45) is 1.03. The van der Waals surface area contributed by atoms with Crippen LogP contribution in [0, 0.1) is 0 Å². The molecule has 1 rings (SSSR count). The lowest BCUT2D eigenvalue weighted by Crippen LogP contribution is -2.44. The molecule has 0 aliphatic carbocycles. The number of aliphatic carboxylic acids is 1. The van der Waals surface area contributed by atoms with Crippen molar-refractivity contribution in [1.29, 1.82) is 0 Å². The molecule has 0 aromatic heterocycles. The number of thioether (sulfide) groups is 1. The van der Waals surface area contributed by atoms with Crippen LogP contribution in [0.2, 0.25) is 0 Å². The van der Waals surface area contributed by atoms with Crippen LogP contribution < -0.4 is 0 Å². The van der Waals surface area contributed by atoms with Crippen LogP contribution in [-0.2, 0) is 14.8 Å². The molecule has 7 heteroatoms. The van der Waals surface area contributed by atoms with Crippen LogP contribution in [0.5, 0.6) is 0 Å². The predicted octanol–water partition coefficient (Wildman–Crippen LogP) is -0.206. The zero-order valence-electron chi connectivity index (χ0n) is 7.30. The van der Waals surface area contributed by atoms with Crippen molar-refractivity contribution in [2.24, 2.45) is 0 Å². The molecule has 5 nitrogen and oxygen atoms in total. The fraction of sp³-hybridized carbons (Fsp3) is 0.833. The number of nitrogens with zero attached hydrogens (tertiary/aromatic N) is 1. The lowest BCUT2D eigenvalue weighted by Gasteiger charge is -2.21. The van der Waals surface area contributed by atoms with Crippen molar-refractivity contribution < 1.29 is 18.3 Å². The molecule has 1 heterocycles. The molecule has 0 bridgehead atoms. The summed E-state index contributed by atoms with van der Waals surface area (Å²) in [7, 11) is -3.41. The third-order valence-electron chi connectivity index (χ3n) is 1.83. The molecule has 1 aliphatic heterocycles. The van der Waals surface area contributed by atoms with Gasteiger partial charge in [-0.1, -0.05) is 0 Å². The highest BCUT2D eigenvalue weighted by Crippen LogP contribution is 2.30. The van der Waals surface area contributed by atoms with E-state index in [0.29, 0.717) is 5.75 Å².